The van der Waals surface area contributed by atoms with Gasteiger partial charge >= 0.3 is 8.80 Å². The topological polar surface area (TPSA) is 27.7 Å². The van der Waals surface area contributed by atoms with Crippen molar-refractivity contribution < 1.29 is 13.3 Å². The third-order valence-corrected chi connectivity index (χ3v) is 5.49. The van der Waals surface area contributed by atoms with E-state index < -0.39 is 8.80 Å². The van der Waals surface area contributed by atoms with E-state index in [1.54, 1.807) is 0 Å². The van der Waals surface area contributed by atoms with E-state index in [1.807, 2.05) is 34.6 Å². The highest BCUT2D eigenvalue weighted by atomic mass is 32.1. The van der Waals surface area contributed by atoms with E-state index in [4.69, 9.17) is 13.3 Å². The molecule has 0 heterocycles. The van der Waals surface area contributed by atoms with Crippen molar-refractivity contribution in [2.24, 2.45) is 0 Å². The summed E-state index contributed by atoms with van der Waals surface area (Å²) < 4.78 is 17.7. The Morgan fingerprint density at radius 3 is 1.88 bits per heavy atom. The summed E-state index contributed by atoms with van der Waals surface area (Å²) in [7, 11) is -2.50. The van der Waals surface area contributed by atoms with Crippen LogP contribution >= 0.6 is 12.6 Å². The van der Waals surface area contributed by atoms with Crippen LogP contribution in [-0.2, 0) is 13.3 Å². The van der Waals surface area contributed by atoms with E-state index in [-0.39, 0.29) is 5.60 Å². The minimum Gasteiger partial charge on any atom is -0.374 e. The van der Waals surface area contributed by atoms with Gasteiger partial charge in [0.15, 0.2) is 0 Å². The van der Waals surface area contributed by atoms with Gasteiger partial charge in [-0.25, -0.2) is 0 Å². The summed E-state index contributed by atoms with van der Waals surface area (Å²) in [6, 6.07) is 0.843. The van der Waals surface area contributed by atoms with Crippen LogP contribution in [0.25, 0.3) is 0 Å². The summed E-state index contributed by atoms with van der Waals surface area (Å²) in [5, 5.41) is 0. The maximum atomic E-state index is 6.07. The van der Waals surface area contributed by atoms with Gasteiger partial charge in [-0.3, -0.25) is 0 Å². The van der Waals surface area contributed by atoms with Crippen LogP contribution in [0.2, 0.25) is 6.04 Å². The summed E-state index contributed by atoms with van der Waals surface area (Å²) >= 11 is 4.24. The Hall–Kier alpha value is 0.447. The lowest BCUT2D eigenvalue weighted by molar-refractivity contribution is -0.000517. The summed E-state index contributed by atoms with van der Waals surface area (Å²) in [6.45, 7) is 11.3. The molecule has 0 bridgehead atoms. The fourth-order valence-corrected chi connectivity index (χ4v) is 4.97. The van der Waals surface area contributed by atoms with Crippen molar-refractivity contribution in [2.75, 3.05) is 19.0 Å². The molecule has 0 amide bonds. The molecule has 0 N–H and O–H groups in total. The summed E-state index contributed by atoms with van der Waals surface area (Å²) in [5.74, 6) is 0.836. The van der Waals surface area contributed by atoms with Gasteiger partial charge in [-0.05, 0) is 46.8 Å². The number of thiol groups is 1. The normalized spacial score (nSPS) is 13.1. The van der Waals surface area contributed by atoms with Gasteiger partial charge in [-0.2, -0.15) is 12.6 Å². The largest absolute Gasteiger partial charge is 0.501 e. The molecule has 0 rings (SSSR count). The monoisotopic (exact) mass is 266 g/mol. The molecule has 0 aliphatic heterocycles. The molecule has 0 radical (unpaired) electrons. The van der Waals surface area contributed by atoms with Crippen molar-refractivity contribution >= 4 is 21.4 Å². The quantitative estimate of drug-likeness (QED) is 0.540. The molecule has 0 aliphatic carbocycles. The Morgan fingerprint density at radius 2 is 1.56 bits per heavy atom. The molecular formula is C11H26O3SSi. The lowest BCUT2D eigenvalue weighted by Gasteiger charge is -2.35. The van der Waals surface area contributed by atoms with Crippen molar-refractivity contribution in [3.8, 4) is 0 Å². The summed E-state index contributed by atoms with van der Waals surface area (Å²) in [4.78, 5) is 0. The van der Waals surface area contributed by atoms with Crippen molar-refractivity contribution in [1.29, 1.82) is 0 Å². The number of hydrogen-bond acceptors (Lipinski definition) is 4. The van der Waals surface area contributed by atoms with Crippen molar-refractivity contribution in [3.05, 3.63) is 0 Å². The first-order chi connectivity index (χ1) is 7.39. The van der Waals surface area contributed by atoms with Gasteiger partial charge in [0.2, 0.25) is 0 Å². The molecule has 0 fully saturated rings. The van der Waals surface area contributed by atoms with E-state index in [1.165, 1.54) is 0 Å². The van der Waals surface area contributed by atoms with E-state index in [0.717, 1.165) is 18.2 Å². The highest BCUT2D eigenvalue weighted by molar-refractivity contribution is 7.80. The molecule has 16 heavy (non-hydrogen) atoms. The Bertz CT molecular complexity index is 177. The molecule has 0 aliphatic rings. The van der Waals surface area contributed by atoms with Gasteiger partial charge in [0, 0.05) is 19.3 Å². The zero-order valence-corrected chi connectivity index (χ0v) is 13.1. The smallest absolute Gasteiger partial charge is 0.374 e. The van der Waals surface area contributed by atoms with E-state index in [9.17, 15) is 0 Å². The first-order valence-electron chi connectivity index (χ1n) is 5.98. The number of hydrogen-bond donors (Lipinski definition) is 1. The Balaban J connectivity index is 4.62. The van der Waals surface area contributed by atoms with Gasteiger partial charge in [0.05, 0.1) is 5.60 Å². The second kappa shape index (κ2) is 7.71. The maximum Gasteiger partial charge on any atom is 0.501 e. The second-order valence-electron chi connectivity index (χ2n) is 4.59. The fourth-order valence-electron chi connectivity index (χ4n) is 1.50. The van der Waals surface area contributed by atoms with Crippen LogP contribution in [0.15, 0.2) is 0 Å². The SMILES string of the molecule is CCO[Si](CCCS)(OCC)OC(C)(C)C. The van der Waals surface area contributed by atoms with Crippen LogP contribution in [0, 0.1) is 0 Å². The van der Waals surface area contributed by atoms with Gasteiger partial charge < -0.3 is 13.3 Å². The minimum atomic E-state index is -2.50. The lowest BCUT2D eigenvalue weighted by Crippen LogP contribution is -2.50. The van der Waals surface area contributed by atoms with Crippen LogP contribution < -0.4 is 0 Å². The third-order valence-electron chi connectivity index (χ3n) is 1.83. The molecular weight excluding hydrogens is 240 g/mol. The molecule has 0 aromatic carbocycles. The zero-order chi connectivity index (χ0) is 12.7. The highest BCUT2D eigenvalue weighted by Gasteiger charge is 2.43. The van der Waals surface area contributed by atoms with Crippen molar-refractivity contribution in [3.63, 3.8) is 0 Å². The first-order valence-corrected chi connectivity index (χ1v) is 8.54. The molecule has 0 saturated carbocycles. The molecule has 0 aromatic heterocycles. The molecule has 0 atom stereocenters. The van der Waals surface area contributed by atoms with Gasteiger partial charge in [0.25, 0.3) is 0 Å². The minimum absolute atomic E-state index is 0.229. The second-order valence-corrected chi connectivity index (χ2v) is 7.69. The standard InChI is InChI=1S/C11H26O3SSi/c1-6-12-16(13-7-2,10-8-9-15)14-11(3,4)5/h15H,6-10H2,1-5H3. The summed E-state index contributed by atoms with van der Waals surface area (Å²) in [5.41, 5.74) is -0.229. The average Bonchev–Trinajstić information content (AvgIpc) is 2.13. The van der Waals surface area contributed by atoms with Gasteiger partial charge in [0.1, 0.15) is 0 Å². The molecule has 0 saturated heterocycles. The molecule has 0 spiro atoms. The molecule has 0 aromatic rings. The predicted molar refractivity (Wildman–Crippen MR) is 73.1 cm³/mol. The van der Waals surface area contributed by atoms with Crippen LogP contribution in [0.4, 0.5) is 0 Å². The first kappa shape index (κ1) is 16.4. The average molecular weight is 266 g/mol. The van der Waals surface area contributed by atoms with Crippen LogP contribution in [0.1, 0.15) is 41.0 Å². The fraction of sp³-hybridized carbons (Fsp3) is 1.00. The van der Waals surface area contributed by atoms with Crippen molar-refractivity contribution in [2.45, 2.75) is 52.7 Å². The third kappa shape index (κ3) is 6.91. The van der Waals surface area contributed by atoms with Crippen molar-refractivity contribution in [1.82, 2.24) is 0 Å². The zero-order valence-electron chi connectivity index (χ0n) is 11.2. The Morgan fingerprint density at radius 1 is 1.06 bits per heavy atom. The summed E-state index contributed by atoms with van der Waals surface area (Å²) in [6.07, 6.45) is 0.964. The predicted octanol–water partition coefficient (Wildman–Crippen LogP) is 3.13. The van der Waals surface area contributed by atoms with Crippen LogP contribution in [0.3, 0.4) is 0 Å². The molecule has 3 nitrogen and oxygen atoms in total. The van der Waals surface area contributed by atoms with Gasteiger partial charge in [-0.1, -0.05) is 0 Å². The maximum absolute atomic E-state index is 6.07. The lowest BCUT2D eigenvalue weighted by atomic mass is 10.2. The number of rotatable bonds is 8. The molecule has 98 valence electrons. The van der Waals surface area contributed by atoms with E-state index in [0.29, 0.717) is 13.2 Å². The molecule has 0 unspecified atom stereocenters. The van der Waals surface area contributed by atoms with Crippen LogP contribution in [0.5, 0.6) is 0 Å². The van der Waals surface area contributed by atoms with E-state index >= 15 is 0 Å². The van der Waals surface area contributed by atoms with E-state index in [2.05, 4.69) is 12.6 Å². The molecule has 5 heteroatoms. The Kier molecular flexibility index (Phi) is 7.93. The van der Waals surface area contributed by atoms with Crippen LogP contribution in [-0.4, -0.2) is 33.4 Å². The Labute approximate surface area is 107 Å². The van der Waals surface area contributed by atoms with Gasteiger partial charge in [-0.15, -0.1) is 0 Å². The highest BCUT2D eigenvalue weighted by Crippen LogP contribution is 2.24.